The molecule has 1 atom stereocenters. The third-order valence-electron chi connectivity index (χ3n) is 3.74. The monoisotopic (exact) mass is 309 g/mol. The van der Waals surface area contributed by atoms with E-state index in [-0.39, 0.29) is 11.8 Å². The Morgan fingerprint density at radius 3 is 2.67 bits per heavy atom. The fourth-order valence-electron chi connectivity index (χ4n) is 2.36. The molecule has 0 aromatic heterocycles. The van der Waals surface area contributed by atoms with Gasteiger partial charge >= 0.3 is 0 Å². The van der Waals surface area contributed by atoms with Crippen molar-refractivity contribution in [1.82, 2.24) is 10.2 Å². The summed E-state index contributed by atoms with van der Waals surface area (Å²) in [4.78, 5) is 25.8. The number of amides is 2. The van der Waals surface area contributed by atoms with Crippen LogP contribution < -0.4 is 10.6 Å². The molecule has 21 heavy (non-hydrogen) atoms. The molecule has 0 aliphatic carbocycles. The van der Waals surface area contributed by atoms with Gasteiger partial charge in [0.15, 0.2) is 0 Å². The Hall–Kier alpha value is -1.59. The van der Waals surface area contributed by atoms with E-state index in [1.165, 1.54) is 4.90 Å². The van der Waals surface area contributed by atoms with E-state index >= 15 is 0 Å². The van der Waals surface area contributed by atoms with Gasteiger partial charge in [0.2, 0.25) is 5.91 Å². The van der Waals surface area contributed by atoms with Crippen molar-refractivity contribution in [3.05, 3.63) is 28.8 Å². The molecule has 2 rings (SSSR count). The van der Waals surface area contributed by atoms with Crippen molar-refractivity contribution in [3.8, 4) is 0 Å². The fourth-order valence-corrected chi connectivity index (χ4v) is 2.53. The summed E-state index contributed by atoms with van der Waals surface area (Å²) in [7, 11) is 3.36. The Balaban J connectivity index is 2.21. The highest BCUT2D eigenvalue weighted by atomic mass is 35.5. The molecular weight excluding hydrogens is 290 g/mol. The highest BCUT2D eigenvalue weighted by Crippen LogP contribution is 2.26. The van der Waals surface area contributed by atoms with Crippen LogP contribution in [0.25, 0.3) is 0 Å². The summed E-state index contributed by atoms with van der Waals surface area (Å²) in [5, 5.41) is 6.44. The van der Waals surface area contributed by atoms with Crippen molar-refractivity contribution < 1.29 is 9.59 Å². The van der Waals surface area contributed by atoms with Crippen LogP contribution in [0.15, 0.2) is 18.2 Å². The number of carbonyl (C=O) groups is 2. The van der Waals surface area contributed by atoms with Gasteiger partial charge in [-0.15, -0.1) is 0 Å². The van der Waals surface area contributed by atoms with Crippen LogP contribution in [0.4, 0.5) is 5.69 Å². The Labute approximate surface area is 129 Å². The van der Waals surface area contributed by atoms with E-state index < -0.39 is 5.54 Å². The fraction of sp³-hybridized carbons (Fsp3) is 0.467. The van der Waals surface area contributed by atoms with Gasteiger partial charge in [-0.25, -0.2) is 0 Å². The number of hydrogen-bond donors (Lipinski definition) is 2. The SMILES string of the molecule is CN(C)C(=O)c1ccc(Cl)c(NC(=O)C2(C)CCCN2)c1. The van der Waals surface area contributed by atoms with Crippen LogP contribution in [0, 0.1) is 0 Å². The predicted molar refractivity (Wildman–Crippen MR) is 83.7 cm³/mol. The molecular formula is C15H20ClN3O2. The molecule has 1 aliphatic heterocycles. The molecule has 1 aromatic carbocycles. The Morgan fingerprint density at radius 2 is 2.10 bits per heavy atom. The number of halogens is 1. The Bertz CT molecular complexity index is 566. The maximum Gasteiger partial charge on any atom is 0.253 e. The standard InChI is InChI=1S/C15H20ClN3O2/c1-15(7-4-8-17-15)14(21)18-12-9-10(5-6-11(12)16)13(20)19(2)3/h5-6,9,17H,4,7-8H2,1-3H3,(H,18,21). The minimum absolute atomic E-state index is 0.128. The van der Waals surface area contributed by atoms with Gasteiger partial charge in [-0.1, -0.05) is 11.6 Å². The van der Waals surface area contributed by atoms with Crippen molar-refractivity contribution >= 4 is 29.1 Å². The van der Waals surface area contributed by atoms with Crippen LogP contribution in [0.2, 0.25) is 5.02 Å². The zero-order valence-electron chi connectivity index (χ0n) is 12.5. The number of nitrogens with zero attached hydrogens (tertiary/aromatic N) is 1. The zero-order valence-corrected chi connectivity index (χ0v) is 13.3. The van der Waals surface area contributed by atoms with Crippen LogP contribution in [0.3, 0.4) is 0 Å². The van der Waals surface area contributed by atoms with Gasteiger partial charge in [0.25, 0.3) is 5.91 Å². The summed E-state index contributed by atoms with van der Waals surface area (Å²) in [6, 6.07) is 4.88. The van der Waals surface area contributed by atoms with E-state index in [1.54, 1.807) is 32.3 Å². The minimum atomic E-state index is -0.578. The highest BCUT2D eigenvalue weighted by Gasteiger charge is 2.36. The van der Waals surface area contributed by atoms with Crippen LogP contribution in [0.5, 0.6) is 0 Å². The van der Waals surface area contributed by atoms with Crippen molar-refractivity contribution in [1.29, 1.82) is 0 Å². The maximum atomic E-state index is 12.4. The number of anilines is 1. The van der Waals surface area contributed by atoms with Gasteiger partial charge in [0.05, 0.1) is 16.2 Å². The van der Waals surface area contributed by atoms with Crippen LogP contribution in [0.1, 0.15) is 30.1 Å². The van der Waals surface area contributed by atoms with Crippen molar-refractivity contribution in [2.75, 3.05) is 26.0 Å². The molecule has 114 valence electrons. The van der Waals surface area contributed by atoms with Gasteiger partial charge in [0.1, 0.15) is 0 Å². The average Bonchev–Trinajstić information content (AvgIpc) is 2.88. The normalized spacial score (nSPS) is 21.1. The first-order valence-corrected chi connectivity index (χ1v) is 7.29. The summed E-state index contributed by atoms with van der Waals surface area (Å²) >= 11 is 6.12. The molecule has 1 saturated heterocycles. The molecule has 6 heteroatoms. The molecule has 1 aliphatic rings. The van der Waals surface area contributed by atoms with E-state index in [1.807, 2.05) is 6.92 Å². The van der Waals surface area contributed by atoms with Crippen LogP contribution >= 0.6 is 11.6 Å². The van der Waals surface area contributed by atoms with Gasteiger partial charge in [-0.3, -0.25) is 9.59 Å². The number of nitrogens with one attached hydrogen (secondary N) is 2. The van der Waals surface area contributed by atoms with Gasteiger partial charge < -0.3 is 15.5 Å². The maximum absolute atomic E-state index is 12.4. The van der Waals surface area contributed by atoms with Gasteiger partial charge in [-0.2, -0.15) is 0 Å². The van der Waals surface area contributed by atoms with E-state index in [9.17, 15) is 9.59 Å². The van der Waals surface area contributed by atoms with Crippen LogP contribution in [-0.2, 0) is 4.79 Å². The average molecular weight is 310 g/mol. The summed E-state index contributed by atoms with van der Waals surface area (Å²) in [5.41, 5.74) is 0.374. The second-order valence-electron chi connectivity index (χ2n) is 5.71. The molecule has 0 saturated carbocycles. The lowest BCUT2D eigenvalue weighted by molar-refractivity contribution is -0.121. The third-order valence-corrected chi connectivity index (χ3v) is 4.07. The number of rotatable bonds is 3. The quantitative estimate of drug-likeness (QED) is 0.899. The van der Waals surface area contributed by atoms with E-state index in [0.29, 0.717) is 16.3 Å². The topological polar surface area (TPSA) is 61.4 Å². The predicted octanol–water partition coefficient (Wildman–Crippen LogP) is 2.12. The largest absolute Gasteiger partial charge is 0.345 e. The van der Waals surface area contributed by atoms with Crippen LogP contribution in [-0.4, -0.2) is 42.9 Å². The second-order valence-corrected chi connectivity index (χ2v) is 6.12. The van der Waals surface area contributed by atoms with E-state index in [2.05, 4.69) is 10.6 Å². The lowest BCUT2D eigenvalue weighted by Crippen LogP contribution is -2.48. The molecule has 2 amide bonds. The molecule has 1 heterocycles. The molecule has 1 fully saturated rings. The van der Waals surface area contributed by atoms with Crippen molar-refractivity contribution in [3.63, 3.8) is 0 Å². The first kappa shape index (κ1) is 15.8. The summed E-state index contributed by atoms with van der Waals surface area (Å²) < 4.78 is 0. The van der Waals surface area contributed by atoms with Crippen molar-refractivity contribution in [2.45, 2.75) is 25.3 Å². The molecule has 5 nitrogen and oxygen atoms in total. The lowest BCUT2D eigenvalue weighted by Gasteiger charge is -2.23. The first-order chi connectivity index (χ1) is 9.83. The molecule has 0 radical (unpaired) electrons. The Morgan fingerprint density at radius 1 is 1.38 bits per heavy atom. The summed E-state index contributed by atoms with van der Waals surface area (Å²) in [6.45, 7) is 2.70. The summed E-state index contributed by atoms with van der Waals surface area (Å²) in [6.07, 6.45) is 1.75. The summed E-state index contributed by atoms with van der Waals surface area (Å²) in [5.74, 6) is -0.260. The van der Waals surface area contributed by atoms with E-state index in [0.717, 1.165) is 19.4 Å². The smallest absolute Gasteiger partial charge is 0.253 e. The molecule has 1 aromatic rings. The van der Waals surface area contributed by atoms with Gasteiger partial charge in [-0.05, 0) is 44.5 Å². The number of hydrogen-bond acceptors (Lipinski definition) is 3. The molecule has 1 unspecified atom stereocenters. The van der Waals surface area contributed by atoms with Gasteiger partial charge in [0, 0.05) is 19.7 Å². The second kappa shape index (κ2) is 6.03. The molecule has 2 N–H and O–H groups in total. The zero-order chi connectivity index (χ0) is 15.6. The lowest BCUT2D eigenvalue weighted by atomic mass is 9.99. The minimum Gasteiger partial charge on any atom is -0.345 e. The Kier molecular flexibility index (Phi) is 4.54. The first-order valence-electron chi connectivity index (χ1n) is 6.91. The third kappa shape index (κ3) is 3.36. The van der Waals surface area contributed by atoms with E-state index in [4.69, 9.17) is 11.6 Å². The van der Waals surface area contributed by atoms with Crippen molar-refractivity contribution in [2.24, 2.45) is 0 Å². The number of carbonyl (C=O) groups excluding carboxylic acids is 2. The molecule has 0 spiro atoms. The number of benzene rings is 1. The molecule has 0 bridgehead atoms. The highest BCUT2D eigenvalue weighted by molar-refractivity contribution is 6.34.